The Morgan fingerprint density at radius 2 is 1.88 bits per heavy atom. The first-order valence-corrected chi connectivity index (χ1v) is 7.80. The maximum absolute atomic E-state index is 12.1. The highest BCUT2D eigenvalue weighted by Crippen LogP contribution is 2.07. The molecule has 0 saturated heterocycles. The van der Waals surface area contributed by atoms with E-state index in [2.05, 4.69) is 20.5 Å². The summed E-state index contributed by atoms with van der Waals surface area (Å²) in [7, 11) is 0. The minimum atomic E-state index is -0.343. The van der Waals surface area contributed by atoms with Crippen molar-refractivity contribution < 1.29 is 4.79 Å². The van der Waals surface area contributed by atoms with Crippen molar-refractivity contribution in [2.45, 2.75) is 26.9 Å². The molecule has 3 aromatic rings. The van der Waals surface area contributed by atoms with Crippen LogP contribution in [0.2, 0.25) is 0 Å². The van der Waals surface area contributed by atoms with Gasteiger partial charge in [-0.3, -0.25) is 14.6 Å². The molecule has 0 aliphatic heterocycles. The second-order valence-electron chi connectivity index (χ2n) is 5.66. The molecule has 3 aromatic heterocycles. The average Bonchev–Trinajstić information content (AvgIpc) is 2.94. The van der Waals surface area contributed by atoms with Gasteiger partial charge in [0.2, 0.25) is 5.91 Å². The number of hydrogen-bond donors (Lipinski definition) is 1. The fraction of sp³-hybridized carbons (Fsp3) is 0.235. The van der Waals surface area contributed by atoms with Crippen molar-refractivity contribution in [1.82, 2.24) is 29.9 Å². The van der Waals surface area contributed by atoms with Gasteiger partial charge in [-0.25, -0.2) is 9.36 Å². The molecule has 128 valence electrons. The number of carbonyl (C=O) groups excluding carboxylic acids is 1. The quantitative estimate of drug-likeness (QED) is 0.741. The van der Waals surface area contributed by atoms with Crippen LogP contribution in [0.15, 0.2) is 47.5 Å². The lowest BCUT2D eigenvalue weighted by molar-refractivity contribution is -0.122. The van der Waals surface area contributed by atoms with E-state index in [1.165, 1.54) is 6.07 Å². The zero-order valence-corrected chi connectivity index (χ0v) is 14.0. The van der Waals surface area contributed by atoms with Gasteiger partial charge < -0.3 is 5.32 Å². The maximum Gasteiger partial charge on any atom is 0.267 e. The van der Waals surface area contributed by atoms with Gasteiger partial charge in [-0.2, -0.15) is 5.10 Å². The van der Waals surface area contributed by atoms with E-state index in [-0.39, 0.29) is 18.0 Å². The van der Waals surface area contributed by atoms with Crippen LogP contribution < -0.4 is 10.9 Å². The molecule has 0 aromatic carbocycles. The normalized spacial score (nSPS) is 10.6. The highest BCUT2D eigenvalue weighted by molar-refractivity contribution is 5.75. The van der Waals surface area contributed by atoms with Gasteiger partial charge in [-0.1, -0.05) is 0 Å². The summed E-state index contributed by atoms with van der Waals surface area (Å²) in [6, 6.07) is 8.52. The molecular weight excluding hydrogens is 320 g/mol. The Hall–Kier alpha value is -3.29. The molecule has 8 nitrogen and oxygen atoms in total. The van der Waals surface area contributed by atoms with Crippen LogP contribution in [0.1, 0.15) is 17.0 Å². The van der Waals surface area contributed by atoms with Crippen LogP contribution in [0.25, 0.3) is 5.82 Å². The molecule has 0 bridgehead atoms. The van der Waals surface area contributed by atoms with Crippen LogP contribution in [-0.2, 0) is 17.9 Å². The fourth-order valence-corrected chi connectivity index (χ4v) is 2.42. The van der Waals surface area contributed by atoms with Gasteiger partial charge in [0.05, 0.1) is 5.69 Å². The van der Waals surface area contributed by atoms with Gasteiger partial charge >= 0.3 is 0 Å². The molecule has 0 aliphatic carbocycles. The minimum Gasteiger partial charge on any atom is -0.350 e. The highest BCUT2D eigenvalue weighted by atomic mass is 16.2. The SMILES string of the molecule is Cc1cc(C)n(-c2ccc(=O)n(CC(=O)NCc3ccncc3)n2)n1. The van der Waals surface area contributed by atoms with Gasteiger partial charge in [-0.05, 0) is 43.7 Å². The Morgan fingerprint density at radius 3 is 2.56 bits per heavy atom. The zero-order valence-electron chi connectivity index (χ0n) is 14.0. The number of nitrogens with zero attached hydrogens (tertiary/aromatic N) is 5. The number of aromatic nitrogens is 5. The molecule has 0 aliphatic rings. The summed E-state index contributed by atoms with van der Waals surface area (Å²) in [6.45, 7) is 3.99. The van der Waals surface area contributed by atoms with E-state index in [1.54, 1.807) is 23.1 Å². The molecular formula is C17H18N6O2. The number of aryl methyl sites for hydroxylation is 2. The van der Waals surface area contributed by atoms with Crippen LogP contribution in [0.3, 0.4) is 0 Å². The minimum absolute atomic E-state index is 0.156. The van der Waals surface area contributed by atoms with Crippen LogP contribution in [0.5, 0.6) is 0 Å². The molecule has 0 radical (unpaired) electrons. The second kappa shape index (κ2) is 7.08. The molecule has 1 amide bonds. The van der Waals surface area contributed by atoms with E-state index in [0.717, 1.165) is 21.6 Å². The van der Waals surface area contributed by atoms with E-state index >= 15 is 0 Å². The predicted molar refractivity (Wildman–Crippen MR) is 91.2 cm³/mol. The topological polar surface area (TPSA) is 94.7 Å². The Balaban J connectivity index is 1.73. The lowest BCUT2D eigenvalue weighted by Crippen LogP contribution is -2.33. The predicted octanol–water partition coefficient (Wildman–Crippen LogP) is 0.757. The summed E-state index contributed by atoms with van der Waals surface area (Å²) >= 11 is 0. The number of hydrogen-bond acceptors (Lipinski definition) is 5. The van der Waals surface area contributed by atoms with Gasteiger partial charge in [-0.15, -0.1) is 5.10 Å². The van der Waals surface area contributed by atoms with Gasteiger partial charge in [0.1, 0.15) is 6.54 Å². The van der Waals surface area contributed by atoms with E-state index in [1.807, 2.05) is 32.0 Å². The van der Waals surface area contributed by atoms with Crippen LogP contribution in [0.4, 0.5) is 0 Å². The summed E-state index contributed by atoms with van der Waals surface area (Å²) in [6.07, 6.45) is 3.32. The second-order valence-corrected chi connectivity index (χ2v) is 5.66. The van der Waals surface area contributed by atoms with E-state index in [0.29, 0.717) is 12.4 Å². The first-order valence-electron chi connectivity index (χ1n) is 7.80. The molecule has 1 N–H and O–H groups in total. The summed E-state index contributed by atoms with van der Waals surface area (Å²) in [4.78, 5) is 28.0. The lowest BCUT2D eigenvalue weighted by Gasteiger charge is -2.09. The third-order valence-electron chi connectivity index (χ3n) is 3.61. The smallest absolute Gasteiger partial charge is 0.267 e. The molecule has 0 saturated carbocycles. The maximum atomic E-state index is 12.1. The van der Waals surface area contributed by atoms with Crippen molar-refractivity contribution in [1.29, 1.82) is 0 Å². The van der Waals surface area contributed by atoms with Crippen molar-refractivity contribution in [2.24, 2.45) is 0 Å². The Kier molecular flexibility index (Phi) is 4.69. The molecule has 0 unspecified atom stereocenters. The van der Waals surface area contributed by atoms with E-state index < -0.39 is 0 Å². The van der Waals surface area contributed by atoms with E-state index in [4.69, 9.17) is 0 Å². The van der Waals surface area contributed by atoms with Crippen molar-refractivity contribution in [3.05, 3.63) is 70.0 Å². The monoisotopic (exact) mass is 338 g/mol. The average molecular weight is 338 g/mol. The standard InChI is InChI=1S/C17H18N6O2/c1-12-9-13(2)23(20-12)15-3-4-17(25)22(21-15)11-16(24)19-10-14-5-7-18-8-6-14/h3-9H,10-11H2,1-2H3,(H,19,24). The zero-order chi connectivity index (χ0) is 17.8. The first-order chi connectivity index (χ1) is 12.0. The van der Waals surface area contributed by atoms with Crippen LogP contribution in [0, 0.1) is 13.8 Å². The van der Waals surface area contributed by atoms with E-state index in [9.17, 15) is 9.59 Å². The van der Waals surface area contributed by atoms with Crippen molar-refractivity contribution >= 4 is 5.91 Å². The molecule has 0 fully saturated rings. The Morgan fingerprint density at radius 1 is 1.12 bits per heavy atom. The molecule has 0 spiro atoms. The molecule has 3 heterocycles. The van der Waals surface area contributed by atoms with Crippen molar-refractivity contribution in [3.63, 3.8) is 0 Å². The number of rotatable bonds is 5. The van der Waals surface area contributed by atoms with Gasteiger partial charge in [0, 0.05) is 30.7 Å². The highest BCUT2D eigenvalue weighted by Gasteiger charge is 2.10. The Bertz CT molecular complexity index is 945. The van der Waals surface area contributed by atoms with Gasteiger partial charge in [0.25, 0.3) is 5.56 Å². The Labute approximate surface area is 144 Å². The summed E-state index contributed by atoms with van der Waals surface area (Å²) in [5, 5.41) is 11.3. The molecule has 8 heteroatoms. The number of nitrogens with one attached hydrogen (secondary N) is 1. The lowest BCUT2D eigenvalue weighted by atomic mass is 10.3. The number of carbonyl (C=O) groups is 1. The molecule has 25 heavy (non-hydrogen) atoms. The largest absolute Gasteiger partial charge is 0.350 e. The van der Waals surface area contributed by atoms with Crippen molar-refractivity contribution in [2.75, 3.05) is 0 Å². The van der Waals surface area contributed by atoms with Gasteiger partial charge in [0.15, 0.2) is 5.82 Å². The van der Waals surface area contributed by atoms with Crippen LogP contribution in [-0.4, -0.2) is 30.5 Å². The summed E-state index contributed by atoms with van der Waals surface area (Å²) in [5.74, 6) is 0.198. The van der Waals surface area contributed by atoms with Crippen LogP contribution >= 0.6 is 0 Å². The summed E-state index contributed by atoms with van der Waals surface area (Å²) in [5.41, 5.74) is 2.34. The molecule has 0 atom stereocenters. The number of amides is 1. The number of pyridine rings is 1. The summed E-state index contributed by atoms with van der Waals surface area (Å²) < 4.78 is 2.77. The first kappa shape index (κ1) is 16.6. The van der Waals surface area contributed by atoms with Crippen molar-refractivity contribution in [3.8, 4) is 5.82 Å². The third kappa shape index (κ3) is 3.97. The fourth-order valence-electron chi connectivity index (χ4n) is 2.42. The third-order valence-corrected chi connectivity index (χ3v) is 3.61. The molecule has 3 rings (SSSR count).